The fraction of sp³-hybridized carbons (Fsp3) is 0.500. The van der Waals surface area contributed by atoms with Gasteiger partial charge in [0, 0.05) is 6.42 Å². The van der Waals surface area contributed by atoms with E-state index in [4.69, 9.17) is 9.84 Å². The molecule has 0 atom stereocenters. The summed E-state index contributed by atoms with van der Waals surface area (Å²) >= 11 is 0. The molecule has 1 rings (SSSR count). The lowest BCUT2D eigenvalue weighted by atomic mass is 10.1. The van der Waals surface area contributed by atoms with Crippen molar-refractivity contribution in [2.24, 2.45) is 10.2 Å². The molecule has 0 heterocycles. The molecule has 1 N–H and O–H groups in total. The van der Waals surface area contributed by atoms with Gasteiger partial charge < -0.3 is 9.84 Å². The monoisotopic (exact) mass is 264 g/mol. The van der Waals surface area contributed by atoms with Crippen molar-refractivity contribution >= 4 is 11.7 Å². The number of hydrogen-bond acceptors (Lipinski definition) is 4. The fourth-order valence-corrected chi connectivity index (χ4v) is 1.59. The first-order valence-corrected chi connectivity index (χ1v) is 6.45. The number of methoxy groups -OCH3 is 1. The molecule has 5 heteroatoms. The van der Waals surface area contributed by atoms with Crippen LogP contribution < -0.4 is 4.74 Å². The number of nitrogens with zero attached hydrogens (tertiary/aromatic N) is 2. The summed E-state index contributed by atoms with van der Waals surface area (Å²) in [5.74, 6) is 0.0802. The van der Waals surface area contributed by atoms with Crippen LogP contribution in [0.25, 0.3) is 0 Å². The first-order valence-electron chi connectivity index (χ1n) is 6.45. The van der Waals surface area contributed by atoms with E-state index in [1.807, 2.05) is 24.3 Å². The maximum absolute atomic E-state index is 10.3. The number of carboxylic acids is 1. The van der Waals surface area contributed by atoms with Crippen LogP contribution in [0.3, 0.4) is 0 Å². The summed E-state index contributed by atoms with van der Waals surface area (Å²) in [6, 6.07) is 7.41. The lowest BCUT2D eigenvalue weighted by Gasteiger charge is -1.98. The second-order valence-electron chi connectivity index (χ2n) is 4.22. The Hall–Kier alpha value is -1.91. The molecule has 0 radical (unpaired) electrons. The quantitative estimate of drug-likeness (QED) is 0.544. The third kappa shape index (κ3) is 7.18. The number of carboxylic acid groups (broad SMARTS) is 1. The van der Waals surface area contributed by atoms with E-state index in [1.54, 1.807) is 7.11 Å². The van der Waals surface area contributed by atoms with E-state index in [-0.39, 0.29) is 6.42 Å². The topological polar surface area (TPSA) is 71.2 Å². The minimum absolute atomic E-state index is 0.257. The maximum Gasteiger partial charge on any atom is 0.303 e. The van der Waals surface area contributed by atoms with Gasteiger partial charge in [-0.25, -0.2) is 0 Å². The second kappa shape index (κ2) is 9.08. The molecule has 0 saturated carbocycles. The van der Waals surface area contributed by atoms with Gasteiger partial charge in [-0.1, -0.05) is 12.8 Å². The third-order valence-corrected chi connectivity index (χ3v) is 2.66. The van der Waals surface area contributed by atoms with Crippen LogP contribution in [0.15, 0.2) is 34.5 Å². The van der Waals surface area contributed by atoms with Gasteiger partial charge in [0.25, 0.3) is 0 Å². The Labute approximate surface area is 113 Å². The highest BCUT2D eigenvalue weighted by atomic mass is 16.5. The van der Waals surface area contributed by atoms with Crippen molar-refractivity contribution in [3.63, 3.8) is 0 Å². The van der Waals surface area contributed by atoms with Crippen molar-refractivity contribution in [2.75, 3.05) is 13.7 Å². The predicted octanol–water partition coefficient (Wildman–Crippen LogP) is 3.81. The van der Waals surface area contributed by atoms with Gasteiger partial charge in [0.2, 0.25) is 0 Å². The zero-order chi connectivity index (χ0) is 13.9. The number of benzene rings is 1. The lowest BCUT2D eigenvalue weighted by molar-refractivity contribution is -0.137. The Balaban J connectivity index is 2.11. The van der Waals surface area contributed by atoms with Crippen LogP contribution in [0.1, 0.15) is 32.1 Å². The van der Waals surface area contributed by atoms with Gasteiger partial charge >= 0.3 is 5.97 Å². The largest absolute Gasteiger partial charge is 0.497 e. The van der Waals surface area contributed by atoms with Gasteiger partial charge in [-0.05, 0) is 37.1 Å². The van der Waals surface area contributed by atoms with E-state index in [0.29, 0.717) is 6.54 Å². The molecule has 5 nitrogen and oxygen atoms in total. The average Bonchev–Trinajstić information content (AvgIpc) is 2.42. The van der Waals surface area contributed by atoms with E-state index in [2.05, 4.69) is 10.2 Å². The molecule has 1 aromatic carbocycles. The van der Waals surface area contributed by atoms with Crippen LogP contribution in [0, 0.1) is 0 Å². The molecule has 0 saturated heterocycles. The van der Waals surface area contributed by atoms with Gasteiger partial charge in [0.15, 0.2) is 0 Å². The van der Waals surface area contributed by atoms with Crippen molar-refractivity contribution < 1.29 is 14.6 Å². The van der Waals surface area contributed by atoms with E-state index in [0.717, 1.165) is 37.1 Å². The minimum atomic E-state index is -0.723. The lowest BCUT2D eigenvalue weighted by Crippen LogP contribution is -1.93. The number of hydrogen-bond donors (Lipinski definition) is 1. The number of rotatable bonds is 9. The van der Waals surface area contributed by atoms with E-state index >= 15 is 0 Å². The molecule has 0 unspecified atom stereocenters. The van der Waals surface area contributed by atoms with Crippen molar-refractivity contribution in [1.29, 1.82) is 0 Å². The summed E-state index contributed by atoms with van der Waals surface area (Å²) < 4.78 is 5.05. The normalized spacial score (nSPS) is 10.8. The molecule has 19 heavy (non-hydrogen) atoms. The third-order valence-electron chi connectivity index (χ3n) is 2.66. The first kappa shape index (κ1) is 15.1. The highest BCUT2D eigenvalue weighted by Crippen LogP contribution is 2.17. The molecular formula is C14H20N2O3. The zero-order valence-electron chi connectivity index (χ0n) is 11.2. The summed E-state index contributed by atoms with van der Waals surface area (Å²) in [4.78, 5) is 10.3. The molecular weight excluding hydrogens is 244 g/mol. The van der Waals surface area contributed by atoms with E-state index < -0.39 is 5.97 Å². The number of aliphatic carboxylic acids is 1. The Morgan fingerprint density at radius 1 is 1.16 bits per heavy atom. The van der Waals surface area contributed by atoms with Gasteiger partial charge in [-0.3, -0.25) is 4.79 Å². The van der Waals surface area contributed by atoms with Crippen molar-refractivity contribution in [3.05, 3.63) is 24.3 Å². The molecule has 0 aliphatic carbocycles. The molecule has 0 aliphatic rings. The van der Waals surface area contributed by atoms with Crippen molar-refractivity contribution in [1.82, 2.24) is 0 Å². The van der Waals surface area contributed by atoms with E-state index in [9.17, 15) is 4.79 Å². The van der Waals surface area contributed by atoms with E-state index in [1.165, 1.54) is 0 Å². The molecule has 0 aliphatic heterocycles. The molecule has 0 aromatic heterocycles. The number of ether oxygens (including phenoxy) is 1. The van der Waals surface area contributed by atoms with Crippen LogP contribution in [0.4, 0.5) is 5.69 Å². The van der Waals surface area contributed by atoms with Crippen LogP contribution in [0.2, 0.25) is 0 Å². The fourth-order valence-electron chi connectivity index (χ4n) is 1.59. The molecule has 0 bridgehead atoms. The SMILES string of the molecule is COc1ccc(N=NCCCCCCC(=O)O)cc1. The summed E-state index contributed by atoms with van der Waals surface area (Å²) in [7, 11) is 1.63. The average molecular weight is 264 g/mol. The Kier molecular flexibility index (Phi) is 7.24. The highest BCUT2D eigenvalue weighted by Gasteiger charge is 1.96. The van der Waals surface area contributed by atoms with Crippen LogP contribution >= 0.6 is 0 Å². The minimum Gasteiger partial charge on any atom is -0.497 e. The Bertz CT molecular complexity index is 402. The highest BCUT2D eigenvalue weighted by molar-refractivity contribution is 5.66. The predicted molar refractivity (Wildman–Crippen MR) is 73.1 cm³/mol. The summed E-state index contributed by atoms with van der Waals surface area (Å²) in [6.45, 7) is 0.680. The molecule has 0 fully saturated rings. The maximum atomic E-state index is 10.3. The van der Waals surface area contributed by atoms with Crippen LogP contribution in [-0.2, 0) is 4.79 Å². The zero-order valence-corrected chi connectivity index (χ0v) is 11.2. The molecule has 1 aromatic rings. The number of azo groups is 1. The van der Waals surface area contributed by atoms with Crippen molar-refractivity contribution in [3.8, 4) is 5.75 Å². The van der Waals surface area contributed by atoms with Gasteiger partial charge in [0.05, 0.1) is 19.3 Å². The second-order valence-corrected chi connectivity index (χ2v) is 4.22. The smallest absolute Gasteiger partial charge is 0.303 e. The van der Waals surface area contributed by atoms with Gasteiger partial charge in [0.1, 0.15) is 5.75 Å². The molecule has 104 valence electrons. The summed E-state index contributed by atoms with van der Waals surface area (Å²) in [6.07, 6.45) is 3.87. The summed E-state index contributed by atoms with van der Waals surface area (Å²) in [5.41, 5.74) is 0.812. The Morgan fingerprint density at radius 2 is 1.84 bits per heavy atom. The standard InChI is InChI=1S/C14H20N2O3/c1-19-13-9-7-12(8-10-13)16-15-11-5-3-2-4-6-14(17)18/h7-10H,2-6,11H2,1H3,(H,17,18). The Morgan fingerprint density at radius 3 is 2.47 bits per heavy atom. The van der Waals surface area contributed by atoms with Gasteiger partial charge in [-0.15, -0.1) is 0 Å². The van der Waals surface area contributed by atoms with Crippen molar-refractivity contribution in [2.45, 2.75) is 32.1 Å². The number of carbonyl (C=O) groups is 1. The van der Waals surface area contributed by atoms with Crippen LogP contribution in [0.5, 0.6) is 5.75 Å². The molecule has 0 spiro atoms. The van der Waals surface area contributed by atoms with Crippen LogP contribution in [-0.4, -0.2) is 24.7 Å². The molecule has 0 amide bonds. The summed E-state index contributed by atoms with van der Waals surface area (Å²) in [5, 5.41) is 16.7. The first-order chi connectivity index (χ1) is 9.22. The number of unbranched alkanes of at least 4 members (excludes halogenated alkanes) is 3. The van der Waals surface area contributed by atoms with Gasteiger partial charge in [-0.2, -0.15) is 10.2 Å².